The number of anilines is 1. The van der Waals surface area contributed by atoms with Crippen molar-refractivity contribution in [1.29, 1.82) is 0 Å². The Bertz CT molecular complexity index is 593. The van der Waals surface area contributed by atoms with Crippen molar-refractivity contribution in [1.82, 2.24) is 10.2 Å². The number of nitrogens with zero attached hydrogens (tertiary/aromatic N) is 3. The molecule has 2 aromatic rings. The molecule has 1 aromatic carbocycles. The van der Waals surface area contributed by atoms with Crippen LogP contribution in [0.15, 0.2) is 30.5 Å². The maximum Gasteiger partial charge on any atom is 0.0950 e. The first-order valence-electron chi connectivity index (χ1n) is 8.02. The second-order valence-corrected chi connectivity index (χ2v) is 5.88. The highest BCUT2D eigenvalue weighted by Crippen LogP contribution is 2.33. The van der Waals surface area contributed by atoms with Crippen molar-refractivity contribution in [3.8, 4) is 0 Å². The van der Waals surface area contributed by atoms with E-state index >= 15 is 0 Å². The first-order chi connectivity index (χ1) is 10.3. The quantitative estimate of drug-likeness (QED) is 0.938. The van der Waals surface area contributed by atoms with E-state index in [1.165, 1.54) is 36.8 Å². The van der Waals surface area contributed by atoms with Crippen LogP contribution in [0, 0.1) is 5.92 Å². The van der Waals surface area contributed by atoms with Gasteiger partial charge in [-0.05, 0) is 38.3 Å². The van der Waals surface area contributed by atoms with Crippen molar-refractivity contribution in [2.24, 2.45) is 11.7 Å². The van der Waals surface area contributed by atoms with Gasteiger partial charge >= 0.3 is 0 Å². The molecule has 4 nitrogen and oxygen atoms in total. The van der Waals surface area contributed by atoms with E-state index in [-0.39, 0.29) is 0 Å². The molecule has 1 heterocycles. The highest BCUT2D eigenvalue weighted by Gasteiger charge is 2.29. The summed E-state index contributed by atoms with van der Waals surface area (Å²) in [5.74, 6) is 0.589. The lowest BCUT2D eigenvalue weighted by atomic mass is 9.83. The zero-order valence-corrected chi connectivity index (χ0v) is 12.7. The summed E-state index contributed by atoms with van der Waals surface area (Å²) in [7, 11) is 0. The van der Waals surface area contributed by atoms with Crippen LogP contribution in [0.5, 0.6) is 0 Å². The van der Waals surface area contributed by atoms with Crippen molar-refractivity contribution in [2.75, 3.05) is 18.0 Å². The van der Waals surface area contributed by atoms with Gasteiger partial charge in [0.05, 0.1) is 17.4 Å². The molecule has 0 spiro atoms. The second-order valence-electron chi connectivity index (χ2n) is 5.88. The minimum atomic E-state index is 0.529. The first kappa shape index (κ1) is 14.3. The minimum absolute atomic E-state index is 0.529. The monoisotopic (exact) mass is 284 g/mol. The topological polar surface area (TPSA) is 55.0 Å². The van der Waals surface area contributed by atoms with E-state index < -0.39 is 0 Å². The van der Waals surface area contributed by atoms with E-state index in [0.717, 1.165) is 18.6 Å². The Morgan fingerprint density at radius 1 is 1.24 bits per heavy atom. The maximum atomic E-state index is 6.02. The SMILES string of the molecule is CCN(c1cnnc2ccccc12)C1CCCCC1CN. The van der Waals surface area contributed by atoms with Gasteiger partial charge in [0, 0.05) is 18.0 Å². The smallest absolute Gasteiger partial charge is 0.0950 e. The van der Waals surface area contributed by atoms with Crippen LogP contribution in [0.25, 0.3) is 10.9 Å². The molecule has 2 N–H and O–H groups in total. The van der Waals surface area contributed by atoms with Gasteiger partial charge in [-0.1, -0.05) is 31.0 Å². The van der Waals surface area contributed by atoms with Crippen molar-refractivity contribution in [2.45, 2.75) is 38.6 Å². The van der Waals surface area contributed by atoms with E-state index in [9.17, 15) is 0 Å². The van der Waals surface area contributed by atoms with Crippen LogP contribution in [-0.4, -0.2) is 29.3 Å². The Kier molecular flexibility index (Phi) is 4.34. The second kappa shape index (κ2) is 6.39. The summed E-state index contributed by atoms with van der Waals surface area (Å²) in [5.41, 5.74) is 8.19. The predicted octanol–water partition coefficient (Wildman–Crippen LogP) is 2.97. The molecule has 1 aromatic heterocycles. The average molecular weight is 284 g/mol. The average Bonchev–Trinajstić information content (AvgIpc) is 2.56. The zero-order valence-electron chi connectivity index (χ0n) is 12.7. The van der Waals surface area contributed by atoms with Gasteiger partial charge in [-0.2, -0.15) is 10.2 Å². The van der Waals surface area contributed by atoms with Gasteiger partial charge in [0.1, 0.15) is 0 Å². The molecule has 0 saturated heterocycles. The third kappa shape index (κ3) is 2.72. The van der Waals surface area contributed by atoms with E-state index in [4.69, 9.17) is 5.73 Å². The Morgan fingerprint density at radius 2 is 2.05 bits per heavy atom. The molecule has 0 bridgehead atoms. The highest BCUT2D eigenvalue weighted by atomic mass is 15.2. The molecule has 112 valence electrons. The summed E-state index contributed by atoms with van der Waals surface area (Å²) in [5, 5.41) is 9.64. The van der Waals surface area contributed by atoms with Crippen LogP contribution < -0.4 is 10.6 Å². The van der Waals surface area contributed by atoms with E-state index in [1.54, 1.807) is 0 Å². The molecule has 2 unspecified atom stereocenters. The Morgan fingerprint density at radius 3 is 2.86 bits per heavy atom. The summed E-state index contributed by atoms with van der Waals surface area (Å²) >= 11 is 0. The third-order valence-corrected chi connectivity index (χ3v) is 4.75. The summed E-state index contributed by atoms with van der Waals surface area (Å²) in [6.45, 7) is 3.98. The van der Waals surface area contributed by atoms with Gasteiger partial charge in [0.2, 0.25) is 0 Å². The fourth-order valence-corrected chi connectivity index (χ4v) is 3.68. The van der Waals surface area contributed by atoms with Crippen LogP contribution >= 0.6 is 0 Å². The van der Waals surface area contributed by atoms with Gasteiger partial charge in [-0.3, -0.25) is 0 Å². The largest absolute Gasteiger partial charge is 0.367 e. The standard InChI is InChI=1S/C17H24N4/c1-2-21(16-10-6-3-7-13(16)11-18)17-12-19-20-15-9-5-4-8-14(15)17/h4-5,8-9,12-13,16H,2-3,6-7,10-11,18H2,1H3. The van der Waals surface area contributed by atoms with Gasteiger partial charge in [-0.25, -0.2) is 0 Å². The van der Waals surface area contributed by atoms with Crippen molar-refractivity contribution in [3.05, 3.63) is 30.5 Å². The summed E-state index contributed by atoms with van der Waals surface area (Å²) in [6, 6.07) is 8.79. The molecule has 1 saturated carbocycles. The Labute approximate surface area is 126 Å². The number of hydrogen-bond donors (Lipinski definition) is 1. The number of aromatic nitrogens is 2. The molecule has 2 atom stereocenters. The molecule has 3 rings (SSSR count). The molecule has 21 heavy (non-hydrogen) atoms. The van der Waals surface area contributed by atoms with Crippen molar-refractivity contribution < 1.29 is 0 Å². The van der Waals surface area contributed by atoms with E-state index in [1.807, 2.05) is 18.3 Å². The number of rotatable bonds is 4. The first-order valence-corrected chi connectivity index (χ1v) is 8.02. The fourth-order valence-electron chi connectivity index (χ4n) is 3.68. The van der Waals surface area contributed by atoms with Crippen molar-refractivity contribution in [3.63, 3.8) is 0 Å². The van der Waals surface area contributed by atoms with Crippen LogP contribution in [-0.2, 0) is 0 Å². The van der Waals surface area contributed by atoms with Gasteiger partial charge in [0.15, 0.2) is 0 Å². The van der Waals surface area contributed by atoms with E-state index in [2.05, 4.69) is 34.2 Å². The molecule has 1 aliphatic carbocycles. The normalized spacial score (nSPS) is 22.4. The molecular weight excluding hydrogens is 260 g/mol. The Balaban J connectivity index is 2.01. The van der Waals surface area contributed by atoms with E-state index in [0.29, 0.717) is 12.0 Å². The molecule has 0 radical (unpaired) electrons. The van der Waals surface area contributed by atoms with Gasteiger partial charge in [0.25, 0.3) is 0 Å². The molecular formula is C17H24N4. The van der Waals surface area contributed by atoms with Crippen molar-refractivity contribution >= 4 is 16.6 Å². The van der Waals surface area contributed by atoms with Crippen LogP contribution in [0.4, 0.5) is 5.69 Å². The summed E-state index contributed by atoms with van der Waals surface area (Å²) in [6.07, 6.45) is 6.99. The van der Waals surface area contributed by atoms with Crippen LogP contribution in [0.1, 0.15) is 32.6 Å². The highest BCUT2D eigenvalue weighted by molar-refractivity contribution is 5.90. The molecule has 0 amide bonds. The molecule has 0 aliphatic heterocycles. The summed E-state index contributed by atoms with van der Waals surface area (Å²) in [4.78, 5) is 2.49. The van der Waals surface area contributed by atoms with Gasteiger partial charge < -0.3 is 10.6 Å². The number of nitrogens with two attached hydrogens (primary N) is 1. The third-order valence-electron chi connectivity index (χ3n) is 4.75. The Hall–Kier alpha value is -1.68. The lowest BCUT2D eigenvalue weighted by Gasteiger charge is -2.40. The molecule has 4 heteroatoms. The summed E-state index contributed by atoms with van der Waals surface area (Å²) < 4.78 is 0. The number of fused-ring (bicyclic) bond motifs is 1. The predicted molar refractivity (Wildman–Crippen MR) is 87.4 cm³/mol. The molecule has 1 fully saturated rings. The molecule has 1 aliphatic rings. The lowest BCUT2D eigenvalue weighted by molar-refractivity contribution is 0.301. The van der Waals surface area contributed by atoms with Crippen LogP contribution in [0.2, 0.25) is 0 Å². The fraction of sp³-hybridized carbons (Fsp3) is 0.529. The van der Waals surface area contributed by atoms with Crippen LogP contribution in [0.3, 0.4) is 0 Å². The minimum Gasteiger partial charge on any atom is -0.367 e. The number of hydrogen-bond acceptors (Lipinski definition) is 4. The maximum absolute atomic E-state index is 6.02. The lowest BCUT2D eigenvalue weighted by Crippen LogP contribution is -2.45. The van der Waals surface area contributed by atoms with Gasteiger partial charge in [-0.15, -0.1) is 0 Å². The number of benzene rings is 1. The zero-order chi connectivity index (χ0) is 14.7.